The topological polar surface area (TPSA) is 56.7 Å². The highest BCUT2D eigenvalue weighted by Crippen LogP contribution is 1.46. The monoisotopic (exact) mass is 88.1 g/mol. The number of nitrogens with one attached hydrogen (secondary N) is 1. The molecule has 4 N–H and O–H groups in total. The smallest absolute Gasteiger partial charge is 0.275 e. The zero-order valence-electron chi connectivity index (χ0n) is 3.53. The molecule has 0 fully saturated rings. The Hall–Kier alpha value is -0.570. The molecular formula is C3H8N2O+. The van der Waals surface area contributed by atoms with Crippen LogP contribution in [-0.4, -0.2) is 12.5 Å². The maximum Gasteiger partial charge on any atom is 0.275 e. The molecule has 3 nitrogen and oxygen atoms in total. The molecule has 3 heteroatoms. The van der Waals surface area contributed by atoms with Crippen molar-refractivity contribution in [3.8, 4) is 0 Å². The van der Waals surface area contributed by atoms with Gasteiger partial charge >= 0.3 is 0 Å². The Morgan fingerprint density at radius 2 is 2.50 bits per heavy atom. The fourth-order valence-corrected chi connectivity index (χ4v) is 0.0884. The molecule has 0 aliphatic rings. The van der Waals surface area contributed by atoms with Crippen molar-refractivity contribution in [2.45, 2.75) is 0 Å². The van der Waals surface area contributed by atoms with Gasteiger partial charge in [0.2, 0.25) is 0 Å². The predicted molar refractivity (Wildman–Crippen MR) is 21.3 cm³/mol. The molecular weight excluding hydrogens is 80.0 g/mol. The highest BCUT2D eigenvalue weighted by atomic mass is 16.1. The number of carbonyl (C=O) groups excluding carboxylic acids is 1. The molecule has 0 aliphatic heterocycles. The number of hydrogen-bond acceptors (Lipinski definition) is 1. The first-order valence-corrected chi connectivity index (χ1v) is 1.66. The summed E-state index contributed by atoms with van der Waals surface area (Å²) in [5, 5.41) is 2.16. The van der Waals surface area contributed by atoms with Crippen molar-refractivity contribution in [2.75, 3.05) is 6.54 Å². The first-order chi connectivity index (χ1) is 2.81. The second-order valence-corrected chi connectivity index (χ2v) is 0.850. The number of amides is 1. The second kappa shape index (κ2) is 2.66. The van der Waals surface area contributed by atoms with Gasteiger partial charge in [-0.15, -0.1) is 0 Å². The van der Waals surface area contributed by atoms with Crippen molar-refractivity contribution in [1.29, 1.82) is 0 Å². The van der Waals surface area contributed by atoms with Gasteiger partial charge in [0, 0.05) is 7.05 Å². The molecule has 0 rings (SSSR count). The number of rotatable bonds is 1. The predicted octanol–water partition coefficient (Wildman–Crippen LogP) is -1.86. The van der Waals surface area contributed by atoms with Gasteiger partial charge in [-0.25, -0.2) is 0 Å². The van der Waals surface area contributed by atoms with Gasteiger partial charge in [-0.1, -0.05) is 0 Å². The molecule has 0 aromatic heterocycles. The largest absolute Gasteiger partial charge is 0.350 e. The van der Waals surface area contributed by atoms with Gasteiger partial charge in [0.15, 0.2) is 6.54 Å². The third kappa shape index (κ3) is 1.72. The lowest BCUT2D eigenvalue weighted by atomic mass is 10.6. The lowest BCUT2D eigenvalue weighted by Crippen LogP contribution is -2.56. The highest BCUT2D eigenvalue weighted by molar-refractivity contribution is 5.76. The van der Waals surface area contributed by atoms with Gasteiger partial charge in [-0.3, -0.25) is 4.79 Å². The van der Waals surface area contributed by atoms with Crippen molar-refractivity contribution in [3.63, 3.8) is 0 Å². The van der Waals surface area contributed by atoms with E-state index in [0.29, 0.717) is 0 Å². The molecule has 0 aromatic rings. The number of quaternary nitrogens is 1. The number of hydrogen-bond donors (Lipinski definition) is 2. The molecule has 1 amide bonds. The van der Waals surface area contributed by atoms with Crippen LogP contribution in [0, 0.1) is 7.05 Å². The van der Waals surface area contributed by atoms with Crippen LogP contribution < -0.4 is 11.1 Å². The van der Waals surface area contributed by atoms with E-state index in [1.165, 1.54) is 0 Å². The summed E-state index contributed by atoms with van der Waals surface area (Å²) in [6, 6.07) is 0. The minimum Gasteiger partial charge on any atom is -0.350 e. The molecule has 0 aromatic carbocycles. The Balaban J connectivity index is 2.99. The summed E-state index contributed by atoms with van der Waals surface area (Å²) in [6.45, 7) is 0.267. The molecule has 0 unspecified atom stereocenters. The Morgan fingerprint density at radius 1 is 2.00 bits per heavy atom. The third-order valence-electron chi connectivity index (χ3n) is 0.424. The van der Waals surface area contributed by atoms with Gasteiger partial charge in [0.25, 0.3) is 5.91 Å². The molecule has 6 heavy (non-hydrogen) atoms. The lowest BCUT2D eigenvalue weighted by Gasteiger charge is -1.84. The fraction of sp³-hybridized carbons (Fsp3) is 0.333. The van der Waals surface area contributed by atoms with E-state index in [1.807, 2.05) is 0 Å². The van der Waals surface area contributed by atoms with Gasteiger partial charge in [-0.05, 0) is 0 Å². The second-order valence-electron chi connectivity index (χ2n) is 0.850. The van der Waals surface area contributed by atoms with Crippen LogP contribution in [0.15, 0.2) is 0 Å². The fourth-order valence-electron chi connectivity index (χ4n) is 0.0884. The summed E-state index contributed by atoms with van der Waals surface area (Å²) in [5.41, 5.74) is 3.30. The van der Waals surface area contributed by atoms with E-state index in [1.54, 1.807) is 0 Å². The summed E-state index contributed by atoms with van der Waals surface area (Å²) in [5.74, 6) is -0.130. The van der Waals surface area contributed by atoms with E-state index in [0.717, 1.165) is 0 Å². The summed E-state index contributed by atoms with van der Waals surface area (Å²) in [6.07, 6.45) is 0. The summed E-state index contributed by atoms with van der Waals surface area (Å²) >= 11 is 0. The van der Waals surface area contributed by atoms with Crippen molar-refractivity contribution in [1.82, 2.24) is 5.32 Å². The highest BCUT2D eigenvalue weighted by Gasteiger charge is 1.88. The number of carbonyl (C=O) groups is 1. The molecule has 0 heterocycles. The van der Waals surface area contributed by atoms with Crippen molar-refractivity contribution >= 4 is 5.91 Å². The Kier molecular flexibility index (Phi) is 2.40. The van der Waals surface area contributed by atoms with Gasteiger partial charge < -0.3 is 11.1 Å². The van der Waals surface area contributed by atoms with Crippen LogP contribution in [0.25, 0.3) is 0 Å². The maximum absolute atomic E-state index is 9.94. The first kappa shape index (κ1) is 5.43. The van der Waals surface area contributed by atoms with E-state index < -0.39 is 0 Å². The van der Waals surface area contributed by atoms with Crippen LogP contribution in [0.3, 0.4) is 0 Å². The van der Waals surface area contributed by atoms with E-state index >= 15 is 0 Å². The molecule has 0 saturated heterocycles. The molecule has 0 aliphatic carbocycles. The normalized spacial score (nSPS) is 7.67. The molecule has 0 spiro atoms. The summed E-state index contributed by atoms with van der Waals surface area (Å²) < 4.78 is 0. The van der Waals surface area contributed by atoms with E-state index in [4.69, 9.17) is 0 Å². The van der Waals surface area contributed by atoms with Gasteiger partial charge in [0.05, 0.1) is 0 Å². The van der Waals surface area contributed by atoms with Crippen LogP contribution in [-0.2, 0) is 4.79 Å². The first-order valence-electron chi connectivity index (χ1n) is 1.66. The molecule has 0 bridgehead atoms. The summed E-state index contributed by atoms with van der Waals surface area (Å²) in [4.78, 5) is 9.94. The zero-order chi connectivity index (χ0) is 4.99. The molecule has 35 valence electrons. The van der Waals surface area contributed by atoms with E-state index in [-0.39, 0.29) is 12.5 Å². The SMILES string of the molecule is [CH2]NC(=O)C[NH3+]. The van der Waals surface area contributed by atoms with Crippen LogP contribution in [0.1, 0.15) is 0 Å². The van der Waals surface area contributed by atoms with Crippen LogP contribution >= 0.6 is 0 Å². The van der Waals surface area contributed by atoms with Crippen molar-refractivity contribution in [2.24, 2.45) is 0 Å². The van der Waals surface area contributed by atoms with Crippen LogP contribution in [0.2, 0.25) is 0 Å². The van der Waals surface area contributed by atoms with E-state index in [9.17, 15) is 4.79 Å². The molecule has 0 atom stereocenters. The maximum atomic E-state index is 9.94. The average Bonchev–Trinajstić information content (AvgIpc) is 1.65. The van der Waals surface area contributed by atoms with Crippen molar-refractivity contribution in [3.05, 3.63) is 7.05 Å². The van der Waals surface area contributed by atoms with Crippen LogP contribution in [0.4, 0.5) is 0 Å². The minimum atomic E-state index is -0.130. The Bertz CT molecular complexity index is 46.8. The molecule has 0 saturated carbocycles. The van der Waals surface area contributed by atoms with Crippen LogP contribution in [0.5, 0.6) is 0 Å². The average molecular weight is 88.1 g/mol. The Morgan fingerprint density at radius 3 is 2.50 bits per heavy atom. The quantitative estimate of drug-likeness (QED) is 0.388. The Labute approximate surface area is 36.5 Å². The molecule has 1 radical (unpaired) electrons. The van der Waals surface area contributed by atoms with Gasteiger partial charge in [0.1, 0.15) is 0 Å². The zero-order valence-corrected chi connectivity index (χ0v) is 3.53. The van der Waals surface area contributed by atoms with Crippen molar-refractivity contribution < 1.29 is 10.5 Å². The van der Waals surface area contributed by atoms with E-state index in [2.05, 4.69) is 18.1 Å². The minimum absolute atomic E-state index is 0.130. The van der Waals surface area contributed by atoms with Gasteiger partial charge in [-0.2, -0.15) is 0 Å². The summed E-state index contributed by atoms with van der Waals surface area (Å²) in [7, 11) is 3.12. The lowest BCUT2D eigenvalue weighted by molar-refractivity contribution is -0.354. The third-order valence-corrected chi connectivity index (χ3v) is 0.424. The standard InChI is InChI=1S/C3H7N2O/c1-5-3(6)2-4/h1-2,4H2,(H,5,6)/p+1.